The third-order valence-corrected chi connectivity index (χ3v) is 1.82. The average molecular weight is 198 g/mol. The summed E-state index contributed by atoms with van der Waals surface area (Å²) in [6.45, 7) is 0. The highest BCUT2D eigenvalue weighted by molar-refractivity contribution is 5.90. The molecule has 1 unspecified atom stereocenters. The molecule has 0 aromatic carbocycles. The van der Waals surface area contributed by atoms with Crippen molar-refractivity contribution in [3.63, 3.8) is 0 Å². The van der Waals surface area contributed by atoms with E-state index in [1.165, 1.54) is 0 Å². The highest BCUT2D eigenvalue weighted by atomic mass is 16.6. The number of nitrogens with zero attached hydrogens (tertiary/aromatic N) is 2. The van der Waals surface area contributed by atoms with Gasteiger partial charge < -0.3 is 9.64 Å². The fourth-order valence-corrected chi connectivity index (χ4v) is 1.14. The van der Waals surface area contributed by atoms with Crippen LogP contribution >= 0.6 is 0 Å². The summed E-state index contributed by atoms with van der Waals surface area (Å²) in [5.74, 6) is -0.983. The van der Waals surface area contributed by atoms with Crippen molar-refractivity contribution >= 4 is 18.3 Å². The summed E-state index contributed by atoms with van der Waals surface area (Å²) in [6.07, 6.45) is 3.09. The third kappa shape index (κ3) is 3.16. The van der Waals surface area contributed by atoms with E-state index in [9.17, 15) is 9.59 Å². The molecule has 0 aromatic rings. The normalized spacial score (nSPS) is 23.4. The Bertz CT molecular complexity index is 261. The summed E-state index contributed by atoms with van der Waals surface area (Å²) in [5.41, 5.74) is 0. The van der Waals surface area contributed by atoms with E-state index < -0.39 is 18.0 Å². The van der Waals surface area contributed by atoms with Crippen LogP contribution in [0.4, 0.5) is 0 Å². The maximum absolute atomic E-state index is 11.3. The molecule has 1 rings (SSSR count). The molecule has 0 radical (unpaired) electrons. The fraction of sp³-hybridized carbons (Fsp3) is 0.667. The lowest BCUT2D eigenvalue weighted by Gasteiger charge is -2.08. The van der Waals surface area contributed by atoms with Gasteiger partial charge in [-0.05, 0) is 12.8 Å². The largest absolute Gasteiger partial charge is 0.392 e. The molecule has 1 heterocycles. The molecule has 14 heavy (non-hydrogen) atoms. The van der Waals surface area contributed by atoms with E-state index in [0.717, 1.165) is 0 Å². The number of carbonyl (C=O) groups excluding carboxylic acids is 2. The van der Waals surface area contributed by atoms with E-state index in [1.807, 2.05) is 14.1 Å². The molecule has 1 fully saturated rings. The predicted molar refractivity (Wildman–Crippen MR) is 50.9 cm³/mol. The molecule has 0 spiro atoms. The Kier molecular flexibility index (Phi) is 3.62. The summed E-state index contributed by atoms with van der Waals surface area (Å²) in [5, 5.41) is 0. The van der Waals surface area contributed by atoms with Crippen LogP contribution in [0.25, 0.3) is 0 Å². The van der Waals surface area contributed by atoms with Gasteiger partial charge in [-0.15, -0.1) is 0 Å². The third-order valence-electron chi connectivity index (χ3n) is 1.82. The number of ether oxygens (including phenoxy) is 1. The number of hydrogen-bond acceptors (Lipinski definition) is 4. The molecular formula is C9H14N2O3. The molecule has 1 aliphatic rings. The van der Waals surface area contributed by atoms with Crippen molar-refractivity contribution in [1.82, 2.24) is 4.90 Å². The second kappa shape index (κ2) is 4.74. The van der Waals surface area contributed by atoms with E-state index in [1.54, 1.807) is 11.2 Å². The molecular weight excluding hydrogens is 184 g/mol. The molecule has 5 heteroatoms. The lowest BCUT2D eigenvalue weighted by Crippen LogP contribution is -2.22. The Hall–Kier alpha value is -1.39. The Balaban J connectivity index is 2.59. The van der Waals surface area contributed by atoms with Gasteiger partial charge in [0.05, 0.1) is 6.34 Å². The van der Waals surface area contributed by atoms with Gasteiger partial charge in [-0.2, -0.15) is 0 Å². The Morgan fingerprint density at radius 2 is 2.21 bits per heavy atom. The standard InChI is InChI=1S/C9H14N2O3/c1-11(2)6-10-7-4-3-5-8(12)14-9(7)13/h6-7H,3-5H2,1-2H3. The van der Waals surface area contributed by atoms with Crippen molar-refractivity contribution in [2.75, 3.05) is 14.1 Å². The van der Waals surface area contributed by atoms with Crippen LogP contribution in [0.1, 0.15) is 19.3 Å². The first kappa shape index (κ1) is 10.7. The van der Waals surface area contributed by atoms with Gasteiger partial charge in [0.25, 0.3) is 0 Å². The Morgan fingerprint density at radius 1 is 1.50 bits per heavy atom. The second-order valence-corrected chi connectivity index (χ2v) is 3.43. The zero-order chi connectivity index (χ0) is 10.6. The lowest BCUT2D eigenvalue weighted by atomic mass is 10.1. The van der Waals surface area contributed by atoms with E-state index in [-0.39, 0.29) is 0 Å². The maximum atomic E-state index is 11.3. The quantitative estimate of drug-likeness (QED) is 0.275. The first-order chi connectivity index (χ1) is 6.59. The Labute approximate surface area is 82.7 Å². The monoisotopic (exact) mass is 198 g/mol. The number of cyclic esters (lactones) is 2. The van der Waals surface area contributed by atoms with E-state index in [0.29, 0.717) is 19.3 Å². The SMILES string of the molecule is CN(C)C=NC1CCCC(=O)OC1=O. The Morgan fingerprint density at radius 3 is 2.86 bits per heavy atom. The molecule has 0 saturated carbocycles. The summed E-state index contributed by atoms with van der Waals surface area (Å²) in [7, 11) is 3.63. The van der Waals surface area contributed by atoms with Gasteiger partial charge in [0.15, 0.2) is 0 Å². The van der Waals surface area contributed by atoms with E-state index in [2.05, 4.69) is 9.73 Å². The maximum Gasteiger partial charge on any atom is 0.338 e. The summed E-state index contributed by atoms with van der Waals surface area (Å²) in [6, 6.07) is -0.524. The topological polar surface area (TPSA) is 59.0 Å². The van der Waals surface area contributed by atoms with Crippen LogP contribution < -0.4 is 0 Å². The molecule has 1 aliphatic heterocycles. The van der Waals surface area contributed by atoms with Gasteiger partial charge in [0.2, 0.25) is 0 Å². The highest BCUT2D eigenvalue weighted by Crippen LogP contribution is 2.12. The number of esters is 2. The molecule has 0 amide bonds. The van der Waals surface area contributed by atoms with Crippen LogP contribution in [0.3, 0.4) is 0 Å². The van der Waals surface area contributed by atoms with Crippen LogP contribution in [0.15, 0.2) is 4.99 Å². The van der Waals surface area contributed by atoms with Gasteiger partial charge in [0, 0.05) is 20.5 Å². The zero-order valence-corrected chi connectivity index (χ0v) is 8.40. The van der Waals surface area contributed by atoms with Gasteiger partial charge >= 0.3 is 11.9 Å². The minimum absolute atomic E-state index is 0.305. The van der Waals surface area contributed by atoms with Gasteiger partial charge in [0.1, 0.15) is 6.04 Å². The molecule has 1 saturated heterocycles. The molecule has 78 valence electrons. The first-order valence-electron chi connectivity index (χ1n) is 4.54. The molecule has 0 N–H and O–H groups in total. The van der Waals surface area contributed by atoms with Crippen LogP contribution in [0.5, 0.6) is 0 Å². The molecule has 5 nitrogen and oxygen atoms in total. The predicted octanol–water partition coefficient (Wildman–Crippen LogP) is 0.199. The van der Waals surface area contributed by atoms with Gasteiger partial charge in [-0.1, -0.05) is 0 Å². The van der Waals surface area contributed by atoms with Gasteiger partial charge in [-0.3, -0.25) is 9.79 Å². The van der Waals surface area contributed by atoms with Crippen molar-refractivity contribution in [1.29, 1.82) is 0 Å². The van der Waals surface area contributed by atoms with E-state index in [4.69, 9.17) is 0 Å². The number of rotatable bonds is 2. The summed E-state index contributed by atoms with van der Waals surface area (Å²) in [4.78, 5) is 27.9. The molecule has 0 aromatic heterocycles. The van der Waals surface area contributed by atoms with Crippen molar-refractivity contribution < 1.29 is 14.3 Å². The van der Waals surface area contributed by atoms with Crippen molar-refractivity contribution in [2.45, 2.75) is 25.3 Å². The summed E-state index contributed by atoms with van der Waals surface area (Å²) < 4.78 is 4.55. The second-order valence-electron chi connectivity index (χ2n) is 3.43. The lowest BCUT2D eigenvalue weighted by molar-refractivity contribution is -0.159. The molecule has 0 bridgehead atoms. The van der Waals surface area contributed by atoms with Crippen molar-refractivity contribution in [3.05, 3.63) is 0 Å². The van der Waals surface area contributed by atoms with Crippen LogP contribution in [-0.2, 0) is 14.3 Å². The van der Waals surface area contributed by atoms with E-state index >= 15 is 0 Å². The number of hydrogen-bond donors (Lipinski definition) is 0. The van der Waals surface area contributed by atoms with Crippen LogP contribution in [-0.4, -0.2) is 43.3 Å². The minimum atomic E-state index is -0.536. The van der Waals surface area contributed by atoms with Gasteiger partial charge in [-0.25, -0.2) is 4.79 Å². The number of carbonyl (C=O) groups is 2. The van der Waals surface area contributed by atoms with Crippen molar-refractivity contribution in [3.8, 4) is 0 Å². The smallest absolute Gasteiger partial charge is 0.338 e. The van der Waals surface area contributed by atoms with Crippen molar-refractivity contribution in [2.24, 2.45) is 4.99 Å². The zero-order valence-electron chi connectivity index (χ0n) is 8.40. The minimum Gasteiger partial charge on any atom is -0.392 e. The fourth-order valence-electron chi connectivity index (χ4n) is 1.14. The molecule has 1 atom stereocenters. The first-order valence-corrected chi connectivity index (χ1v) is 4.54. The molecule has 0 aliphatic carbocycles. The summed E-state index contributed by atoms with van der Waals surface area (Å²) >= 11 is 0. The van der Waals surface area contributed by atoms with Crippen LogP contribution in [0, 0.1) is 0 Å². The van der Waals surface area contributed by atoms with Crippen LogP contribution in [0.2, 0.25) is 0 Å². The number of aliphatic imine (C=N–C) groups is 1. The highest BCUT2D eigenvalue weighted by Gasteiger charge is 2.25. The average Bonchev–Trinajstić information content (AvgIpc) is 2.23.